The lowest BCUT2D eigenvalue weighted by Crippen LogP contribution is -2.40. The quantitative estimate of drug-likeness (QED) is 0.637. The van der Waals surface area contributed by atoms with Gasteiger partial charge < -0.3 is 5.11 Å². The van der Waals surface area contributed by atoms with Crippen molar-refractivity contribution in [1.82, 2.24) is 0 Å². The highest BCUT2D eigenvalue weighted by Crippen LogP contribution is 2.04. The van der Waals surface area contributed by atoms with Crippen LogP contribution in [0.25, 0.3) is 0 Å². The van der Waals surface area contributed by atoms with Gasteiger partial charge in [0.2, 0.25) is 0 Å². The standard InChI is InChI=1S/C16H17NO2/c18-16(19)15-11-5-7-13-17(15)12-6-4-10-14-8-2-1-3-9-14/h1-3,5,7-9,11,13H,4,6,10,12H2/p+1. The van der Waals surface area contributed by atoms with Gasteiger partial charge in [0.05, 0.1) is 0 Å². The second-order valence-electron chi connectivity index (χ2n) is 4.53. The van der Waals surface area contributed by atoms with Gasteiger partial charge in [-0.15, -0.1) is 0 Å². The summed E-state index contributed by atoms with van der Waals surface area (Å²) < 4.78 is 1.80. The van der Waals surface area contributed by atoms with Crippen molar-refractivity contribution in [2.45, 2.75) is 25.8 Å². The number of hydrogen-bond donors (Lipinski definition) is 1. The number of aryl methyl sites for hydroxylation is 2. The average Bonchev–Trinajstić information content (AvgIpc) is 2.45. The van der Waals surface area contributed by atoms with Crippen LogP contribution in [-0.4, -0.2) is 11.1 Å². The van der Waals surface area contributed by atoms with Gasteiger partial charge in [-0.05, 0) is 24.5 Å². The number of rotatable bonds is 6. The van der Waals surface area contributed by atoms with E-state index in [4.69, 9.17) is 5.11 Å². The van der Waals surface area contributed by atoms with E-state index < -0.39 is 5.97 Å². The fourth-order valence-corrected chi connectivity index (χ4v) is 2.12. The average molecular weight is 256 g/mol. The number of unbranched alkanes of at least 4 members (excludes halogenated alkanes) is 1. The smallest absolute Gasteiger partial charge is 0.401 e. The van der Waals surface area contributed by atoms with E-state index in [1.54, 1.807) is 16.7 Å². The van der Waals surface area contributed by atoms with E-state index in [0.29, 0.717) is 5.69 Å². The maximum Gasteiger partial charge on any atom is 0.401 e. The lowest BCUT2D eigenvalue weighted by Gasteiger charge is -2.01. The van der Waals surface area contributed by atoms with Crippen molar-refractivity contribution in [3.8, 4) is 0 Å². The summed E-state index contributed by atoms with van der Waals surface area (Å²) in [7, 11) is 0. The van der Waals surface area contributed by atoms with Crippen LogP contribution in [0.2, 0.25) is 0 Å². The first kappa shape index (κ1) is 13.3. The molecular formula is C16H18NO2+. The number of carboxylic acids is 1. The minimum atomic E-state index is -0.872. The third kappa shape index (κ3) is 3.91. The summed E-state index contributed by atoms with van der Waals surface area (Å²) in [4.78, 5) is 11.1. The van der Waals surface area contributed by atoms with Crippen molar-refractivity contribution in [1.29, 1.82) is 0 Å². The van der Waals surface area contributed by atoms with Crippen LogP contribution in [0.1, 0.15) is 28.9 Å². The zero-order valence-corrected chi connectivity index (χ0v) is 10.8. The molecule has 19 heavy (non-hydrogen) atoms. The first-order valence-electron chi connectivity index (χ1n) is 6.53. The summed E-state index contributed by atoms with van der Waals surface area (Å²) in [6, 6.07) is 15.6. The second-order valence-corrected chi connectivity index (χ2v) is 4.53. The van der Waals surface area contributed by atoms with Crippen molar-refractivity contribution in [3.63, 3.8) is 0 Å². The molecule has 0 spiro atoms. The van der Waals surface area contributed by atoms with E-state index in [-0.39, 0.29) is 0 Å². The van der Waals surface area contributed by atoms with Crippen molar-refractivity contribution >= 4 is 5.97 Å². The van der Waals surface area contributed by atoms with E-state index in [9.17, 15) is 4.79 Å². The van der Waals surface area contributed by atoms with Gasteiger partial charge in [-0.3, -0.25) is 0 Å². The molecule has 0 unspecified atom stereocenters. The summed E-state index contributed by atoms with van der Waals surface area (Å²) in [6.45, 7) is 0.745. The van der Waals surface area contributed by atoms with Crippen LogP contribution in [0.3, 0.4) is 0 Å². The summed E-state index contributed by atoms with van der Waals surface area (Å²) in [6.07, 6.45) is 4.90. The molecule has 1 aromatic heterocycles. The molecule has 1 heterocycles. The Morgan fingerprint density at radius 1 is 1.00 bits per heavy atom. The number of carbonyl (C=O) groups is 1. The van der Waals surface area contributed by atoms with Gasteiger partial charge in [0.25, 0.3) is 5.69 Å². The van der Waals surface area contributed by atoms with Crippen LogP contribution in [-0.2, 0) is 13.0 Å². The first-order valence-corrected chi connectivity index (χ1v) is 6.53. The Morgan fingerprint density at radius 2 is 1.74 bits per heavy atom. The number of pyridine rings is 1. The lowest BCUT2D eigenvalue weighted by atomic mass is 10.1. The molecule has 0 radical (unpaired) electrons. The molecule has 3 nitrogen and oxygen atoms in total. The summed E-state index contributed by atoms with van der Waals surface area (Å²) in [5.41, 5.74) is 1.68. The van der Waals surface area contributed by atoms with E-state index in [1.165, 1.54) is 5.56 Å². The van der Waals surface area contributed by atoms with Gasteiger partial charge in [0.15, 0.2) is 6.20 Å². The fraction of sp³-hybridized carbons (Fsp3) is 0.250. The SMILES string of the molecule is O=C(O)c1cccc[n+]1CCCCc1ccccc1. The predicted octanol–water partition coefficient (Wildman–Crippen LogP) is 2.70. The molecule has 0 atom stereocenters. The van der Waals surface area contributed by atoms with Crippen molar-refractivity contribution < 1.29 is 14.5 Å². The lowest BCUT2D eigenvalue weighted by molar-refractivity contribution is -0.699. The highest BCUT2D eigenvalue weighted by molar-refractivity contribution is 5.83. The summed E-state index contributed by atoms with van der Waals surface area (Å²) in [5.74, 6) is -0.872. The Balaban J connectivity index is 1.85. The van der Waals surface area contributed by atoms with Gasteiger partial charge in [0.1, 0.15) is 6.54 Å². The molecular weight excluding hydrogens is 238 g/mol. The Bertz CT molecular complexity index is 537. The normalized spacial score (nSPS) is 10.3. The van der Waals surface area contributed by atoms with Gasteiger partial charge >= 0.3 is 5.97 Å². The van der Waals surface area contributed by atoms with Crippen molar-refractivity contribution in [2.75, 3.05) is 0 Å². The molecule has 1 aromatic carbocycles. The molecule has 0 aliphatic rings. The maximum atomic E-state index is 11.1. The third-order valence-electron chi connectivity index (χ3n) is 3.12. The van der Waals surface area contributed by atoms with E-state index >= 15 is 0 Å². The summed E-state index contributed by atoms with van der Waals surface area (Å²) in [5, 5.41) is 9.08. The molecule has 98 valence electrons. The molecule has 0 amide bonds. The molecule has 2 rings (SSSR count). The maximum absolute atomic E-state index is 11.1. The fourth-order valence-electron chi connectivity index (χ4n) is 2.12. The van der Waals surface area contributed by atoms with Gasteiger partial charge in [-0.1, -0.05) is 30.3 Å². The van der Waals surface area contributed by atoms with Crippen LogP contribution in [0, 0.1) is 0 Å². The Hall–Kier alpha value is -2.16. The number of hydrogen-bond acceptors (Lipinski definition) is 1. The van der Waals surface area contributed by atoms with Crippen LogP contribution in [0.4, 0.5) is 0 Å². The van der Waals surface area contributed by atoms with E-state index in [2.05, 4.69) is 12.1 Å². The molecule has 0 saturated heterocycles. The molecule has 3 heteroatoms. The number of aromatic nitrogens is 1. The van der Waals surface area contributed by atoms with Crippen LogP contribution in [0.5, 0.6) is 0 Å². The highest BCUT2D eigenvalue weighted by Gasteiger charge is 2.16. The summed E-state index contributed by atoms with van der Waals surface area (Å²) >= 11 is 0. The van der Waals surface area contributed by atoms with Crippen LogP contribution >= 0.6 is 0 Å². The number of benzene rings is 1. The largest absolute Gasteiger partial charge is 0.473 e. The molecule has 1 N–H and O–H groups in total. The Morgan fingerprint density at radius 3 is 2.47 bits per heavy atom. The highest BCUT2D eigenvalue weighted by atomic mass is 16.4. The van der Waals surface area contributed by atoms with E-state index in [1.807, 2.05) is 30.5 Å². The predicted molar refractivity (Wildman–Crippen MR) is 73.0 cm³/mol. The van der Waals surface area contributed by atoms with Crippen molar-refractivity contribution in [3.05, 3.63) is 66.0 Å². The van der Waals surface area contributed by atoms with Crippen molar-refractivity contribution in [2.24, 2.45) is 0 Å². The first-order chi connectivity index (χ1) is 9.27. The minimum Gasteiger partial charge on any atom is -0.473 e. The molecule has 0 aliphatic heterocycles. The van der Waals surface area contributed by atoms with Crippen LogP contribution < -0.4 is 4.57 Å². The molecule has 0 aliphatic carbocycles. The zero-order chi connectivity index (χ0) is 13.5. The molecule has 0 bridgehead atoms. The van der Waals surface area contributed by atoms with E-state index in [0.717, 1.165) is 25.8 Å². The minimum absolute atomic E-state index is 0.349. The number of carboxylic acid groups (broad SMARTS) is 1. The molecule has 2 aromatic rings. The van der Waals surface area contributed by atoms with Gasteiger partial charge in [-0.25, -0.2) is 4.79 Å². The number of aromatic carboxylic acids is 1. The Kier molecular flexibility index (Phi) is 4.67. The van der Waals surface area contributed by atoms with Crippen LogP contribution in [0.15, 0.2) is 54.7 Å². The molecule has 0 fully saturated rings. The van der Waals surface area contributed by atoms with Gasteiger partial charge in [0, 0.05) is 18.6 Å². The molecule has 0 saturated carbocycles. The zero-order valence-electron chi connectivity index (χ0n) is 10.8. The second kappa shape index (κ2) is 6.69. The topological polar surface area (TPSA) is 41.2 Å². The monoisotopic (exact) mass is 256 g/mol. The number of nitrogens with zero attached hydrogens (tertiary/aromatic N) is 1. The third-order valence-corrected chi connectivity index (χ3v) is 3.12. The Labute approximate surface area is 113 Å². The van der Waals surface area contributed by atoms with Gasteiger partial charge in [-0.2, -0.15) is 4.57 Å².